The second kappa shape index (κ2) is 10.2. The zero-order valence-electron chi connectivity index (χ0n) is 21.0. The van der Waals surface area contributed by atoms with E-state index in [1.807, 2.05) is 26.8 Å². The van der Waals surface area contributed by atoms with Crippen LogP contribution in [0.25, 0.3) is 11.4 Å². The third-order valence-corrected chi connectivity index (χ3v) is 8.12. The number of likely N-dealkylation sites (tertiary alicyclic amines) is 1. The fourth-order valence-electron chi connectivity index (χ4n) is 4.84. The molecule has 0 radical (unpaired) electrons. The standard InChI is InChI=1S/C24H36N6O4S/c1-24(2,3)34-23(31)29-13-12-19(16-29)30-27-22(26-28-30)21-15-20(35(32,33)25-4)11-10-18(21)14-17-8-6-5-7-9-17/h10-11,15,17,19,25H,5-9,12-14,16H2,1-4H3. The molecule has 0 spiro atoms. The number of hydrogen-bond donors (Lipinski definition) is 1. The van der Waals surface area contributed by atoms with E-state index >= 15 is 0 Å². The van der Waals surface area contributed by atoms with Gasteiger partial charge in [-0.3, -0.25) is 0 Å². The van der Waals surface area contributed by atoms with Gasteiger partial charge < -0.3 is 9.64 Å². The van der Waals surface area contributed by atoms with Crippen molar-refractivity contribution in [2.75, 3.05) is 20.1 Å². The Morgan fingerprint density at radius 2 is 1.91 bits per heavy atom. The van der Waals surface area contributed by atoms with Crippen LogP contribution in [0.5, 0.6) is 0 Å². The van der Waals surface area contributed by atoms with Gasteiger partial charge in [-0.25, -0.2) is 17.9 Å². The number of aromatic nitrogens is 4. The van der Waals surface area contributed by atoms with Crippen molar-refractivity contribution in [3.8, 4) is 11.4 Å². The van der Waals surface area contributed by atoms with Gasteiger partial charge in [-0.15, -0.1) is 10.2 Å². The summed E-state index contributed by atoms with van der Waals surface area (Å²) in [6.45, 7) is 6.53. The Hall–Kier alpha value is -2.53. The first-order chi connectivity index (χ1) is 16.6. The number of nitrogens with zero attached hydrogens (tertiary/aromatic N) is 5. The minimum Gasteiger partial charge on any atom is -0.444 e. The normalized spacial score (nSPS) is 19.8. The van der Waals surface area contributed by atoms with Gasteiger partial charge in [0.25, 0.3) is 0 Å². The van der Waals surface area contributed by atoms with E-state index in [-0.39, 0.29) is 17.0 Å². The van der Waals surface area contributed by atoms with E-state index in [4.69, 9.17) is 4.74 Å². The summed E-state index contributed by atoms with van der Waals surface area (Å²) in [4.78, 5) is 15.8. The molecule has 35 heavy (non-hydrogen) atoms. The fraction of sp³-hybridized carbons (Fsp3) is 0.667. The number of hydrogen-bond acceptors (Lipinski definition) is 7. The maximum atomic E-state index is 12.5. The molecule has 1 unspecified atom stereocenters. The molecule has 11 heteroatoms. The van der Waals surface area contributed by atoms with E-state index in [0.29, 0.717) is 36.8 Å². The first kappa shape index (κ1) is 25.6. The Morgan fingerprint density at radius 1 is 1.17 bits per heavy atom. The van der Waals surface area contributed by atoms with E-state index in [1.54, 1.807) is 21.8 Å². The molecule has 1 saturated heterocycles. The van der Waals surface area contributed by atoms with Crippen molar-refractivity contribution in [1.29, 1.82) is 0 Å². The lowest BCUT2D eigenvalue weighted by Crippen LogP contribution is -2.35. The van der Waals surface area contributed by atoms with Crippen LogP contribution in [0.2, 0.25) is 0 Å². The van der Waals surface area contributed by atoms with Gasteiger partial charge in [0, 0.05) is 18.7 Å². The van der Waals surface area contributed by atoms with Crippen LogP contribution in [0.3, 0.4) is 0 Å². The largest absolute Gasteiger partial charge is 0.444 e. The lowest BCUT2D eigenvalue weighted by Gasteiger charge is -2.24. The molecule has 1 atom stereocenters. The second-order valence-corrected chi connectivity index (χ2v) is 12.4. The summed E-state index contributed by atoms with van der Waals surface area (Å²) in [5.41, 5.74) is 1.18. The Labute approximate surface area is 207 Å². The molecular formula is C24H36N6O4S. The average molecular weight is 505 g/mol. The zero-order chi connectivity index (χ0) is 25.2. The van der Waals surface area contributed by atoms with Gasteiger partial charge in [0.1, 0.15) is 5.60 Å². The third kappa shape index (κ3) is 6.19. The molecule has 2 aromatic rings. The topological polar surface area (TPSA) is 119 Å². The van der Waals surface area contributed by atoms with Crippen molar-refractivity contribution in [2.45, 2.75) is 82.3 Å². The molecule has 2 fully saturated rings. The maximum Gasteiger partial charge on any atom is 0.410 e. The molecule has 0 bridgehead atoms. The van der Waals surface area contributed by atoms with Crippen LogP contribution in [-0.4, -0.2) is 65.4 Å². The molecule has 1 N–H and O–H groups in total. The van der Waals surface area contributed by atoms with E-state index < -0.39 is 15.6 Å². The molecule has 10 nitrogen and oxygen atoms in total. The summed E-state index contributed by atoms with van der Waals surface area (Å²) in [5, 5.41) is 13.2. The summed E-state index contributed by atoms with van der Waals surface area (Å²) in [5.74, 6) is 0.973. The van der Waals surface area contributed by atoms with Crippen LogP contribution in [0.1, 0.15) is 70.9 Å². The Morgan fingerprint density at radius 3 is 2.60 bits per heavy atom. The van der Waals surface area contributed by atoms with Crippen molar-refractivity contribution in [2.24, 2.45) is 5.92 Å². The van der Waals surface area contributed by atoms with Crippen LogP contribution < -0.4 is 4.72 Å². The molecule has 1 aliphatic heterocycles. The number of tetrazole rings is 1. The molecule has 1 aliphatic carbocycles. The maximum absolute atomic E-state index is 12.5. The number of sulfonamides is 1. The summed E-state index contributed by atoms with van der Waals surface area (Å²) in [6.07, 6.45) is 7.31. The number of nitrogens with one attached hydrogen (secondary N) is 1. The van der Waals surface area contributed by atoms with Crippen LogP contribution >= 0.6 is 0 Å². The smallest absolute Gasteiger partial charge is 0.410 e. The number of ether oxygens (including phenoxy) is 1. The van der Waals surface area contributed by atoms with E-state index in [9.17, 15) is 13.2 Å². The monoisotopic (exact) mass is 504 g/mol. The zero-order valence-corrected chi connectivity index (χ0v) is 21.8. The molecule has 1 amide bonds. The highest BCUT2D eigenvalue weighted by atomic mass is 32.2. The minimum absolute atomic E-state index is 0.116. The molecule has 1 aromatic heterocycles. The molecular weight excluding hydrogens is 468 g/mol. The number of amides is 1. The van der Waals surface area contributed by atoms with Gasteiger partial charge in [0.05, 0.1) is 10.9 Å². The lowest BCUT2D eigenvalue weighted by molar-refractivity contribution is 0.0287. The molecule has 2 heterocycles. The molecule has 1 saturated carbocycles. The predicted octanol–water partition coefficient (Wildman–Crippen LogP) is 3.55. The van der Waals surface area contributed by atoms with Crippen molar-refractivity contribution >= 4 is 16.1 Å². The van der Waals surface area contributed by atoms with E-state index in [2.05, 4.69) is 20.1 Å². The summed E-state index contributed by atoms with van der Waals surface area (Å²) in [7, 11) is -2.21. The summed E-state index contributed by atoms with van der Waals surface area (Å²) < 4.78 is 32.8. The number of carbonyl (C=O) groups excluding carboxylic acids is 1. The average Bonchev–Trinajstić information content (AvgIpc) is 3.49. The highest BCUT2D eigenvalue weighted by molar-refractivity contribution is 7.89. The van der Waals surface area contributed by atoms with E-state index in [1.165, 1.54) is 39.2 Å². The van der Waals surface area contributed by atoms with Gasteiger partial charge in [0.15, 0.2) is 0 Å². The predicted molar refractivity (Wildman–Crippen MR) is 131 cm³/mol. The lowest BCUT2D eigenvalue weighted by atomic mass is 9.84. The molecule has 1 aromatic carbocycles. The van der Waals surface area contributed by atoms with Crippen LogP contribution in [0.15, 0.2) is 23.1 Å². The Bertz CT molecular complexity index is 1150. The summed E-state index contributed by atoms with van der Waals surface area (Å²) >= 11 is 0. The number of rotatable bonds is 6. The van der Waals surface area contributed by atoms with Gasteiger partial charge in [-0.2, -0.15) is 4.80 Å². The molecule has 2 aliphatic rings. The fourth-order valence-corrected chi connectivity index (χ4v) is 5.60. The second-order valence-electron chi connectivity index (χ2n) is 10.5. The van der Waals surface area contributed by atoms with Crippen molar-refractivity contribution < 1.29 is 17.9 Å². The first-order valence-corrected chi connectivity index (χ1v) is 13.9. The van der Waals surface area contributed by atoms with Crippen molar-refractivity contribution in [3.05, 3.63) is 23.8 Å². The number of carbonyl (C=O) groups is 1. The van der Waals surface area contributed by atoms with Crippen molar-refractivity contribution in [3.63, 3.8) is 0 Å². The molecule has 4 rings (SSSR count). The Kier molecular flexibility index (Phi) is 7.46. The van der Waals surface area contributed by atoms with Gasteiger partial charge in [-0.1, -0.05) is 38.2 Å². The highest BCUT2D eigenvalue weighted by Crippen LogP contribution is 2.32. The van der Waals surface area contributed by atoms with Crippen LogP contribution in [-0.2, 0) is 21.2 Å². The first-order valence-electron chi connectivity index (χ1n) is 12.4. The Balaban J connectivity index is 1.58. The van der Waals surface area contributed by atoms with Crippen LogP contribution in [0.4, 0.5) is 4.79 Å². The number of benzene rings is 1. The highest BCUT2D eigenvalue weighted by Gasteiger charge is 2.32. The van der Waals surface area contributed by atoms with Crippen molar-refractivity contribution in [1.82, 2.24) is 29.8 Å². The van der Waals surface area contributed by atoms with Crippen LogP contribution in [0, 0.1) is 5.92 Å². The SMILES string of the molecule is CNS(=O)(=O)c1ccc(CC2CCCCC2)c(-c2nnn(C3CCN(C(=O)OC(C)(C)C)C3)n2)c1. The summed E-state index contributed by atoms with van der Waals surface area (Å²) in [6, 6.07) is 5.06. The minimum atomic E-state index is -3.61. The quantitative estimate of drug-likeness (QED) is 0.639. The van der Waals surface area contributed by atoms with Gasteiger partial charge in [0.2, 0.25) is 15.8 Å². The van der Waals surface area contributed by atoms with E-state index in [0.717, 1.165) is 12.0 Å². The third-order valence-electron chi connectivity index (χ3n) is 6.70. The van der Waals surface area contributed by atoms with Gasteiger partial charge >= 0.3 is 6.09 Å². The van der Waals surface area contributed by atoms with Gasteiger partial charge in [-0.05, 0) is 69.5 Å². The molecule has 192 valence electrons.